The SMILES string of the molecule is CCN(CCNC(=O)c1cc(S(=O)(=O)NC2CC2)ccc1Br)c1ccccc1C. The van der Waals surface area contributed by atoms with Gasteiger partial charge in [0.25, 0.3) is 5.91 Å². The number of hydrogen-bond acceptors (Lipinski definition) is 4. The van der Waals surface area contributed by atoms with Gasteiger partial charge in [0.1, 0.15) is 0 Å². The number of halogens is 1. The van der Waals surface area contributed by atoms with Crippen molar-refractivity contribution in [1.82, 2.24) is 10.0 Å². The van der Waals surface area contributed by atoms with Gasteiger partial charge in [-0.2, -0.15) is 0 Å². The Hall–Kier alpha value is -1.90. The Kier molecular flexibility index (Phi) is 6.97. The fourth-order valence-electron chi connectivity index (χ4n) is 3.10. The van der Waals surface area contributed by atoms with Gasteiger partial charge in [-0.3, -0.25) is 4.79 Å². The van der Waals surface area contributed by atoms with E-state index in [0.29, 0.717) is 23.1 Å². The van der Waals surface area contributed by atoms with Gasteiger partial charge in [0.15, 0.2) is 0 Å². The van der Waals surface area contributed by atoms with Crippen LogP contribution in [0.4, 0.5) is 5.69 Å². The van der Waals surface area contributed by atoms with Crippen molar-refractivity contribution in [3.8, 4) is 0 Å². The molecule has 0 spiro atoms. The third-order valence-corrected chi connectivity index (χ3v) is 7.11. The van der Waals surface area contributed by atoms with Gasteiger partial charge < -0.3 is 10.2 Å². The van der Waals surface area contributed by atoms with Crippen LogP contribution < -0.4 is 14.9 Å². The van der Waals surface area contributed by atoms with Gasteiger partial charge in [-0.25, -0.2) is 13.1 Å². The molecule has 0 aliphatic heterocycles. The van der Waals surface area contributed by atoms with Gasteiger partial charge in [0.2, 0.25) is 10.0 Å². The van der Waals surface area contributed by atoms with Crippen molar-refractivity contribution in [2.24, 2.45) is 0 Å². The van der Waals surface area contributed by atoms with Gasteiger partial charge in [-0.1, -0.05) is 18.2 Å². The van der Waals surface area contributed by atoms with E-state index in [-0.39, 0.29) is 16.8 Å². The van der Waals surface area contributed by atoms with Crippen molar-refractivity contribution in [2.75, 3.05) is 24.5 Å². The summed E-state index contributed by atoms with van der Waals surface area (Å²) in [6.07, 6.45) is 1.72. The van der Waals surface area contributed by atoms with Crippen LogP contribution in [0.15, 0.2) is 51.8 Å². The zero-order chi connectivity index (χ0) is 21.0. The second-order valence-electron chi connectivity index (χ2n) is 7.16. The number of amides is 1. The molecule has 0 bridgehead atoms. The lowest BCUT2D eigenvalue weighted by molar-refractivity contribution is 0.0953. The Morgan fingerprint density at radius 1 is 1.21 bits per heavy atom. The van der Waals surface area contributed by atoms with Crippen LogP contribution in [-0.4, -0.2) is 40.0 Å². The molecule has 2 aromatic rings. The number of carbonyl (C=O) groups excluding carboxylic acids is 1. The highest BCUT2D eigenvalue weighted by atomic mass is 79.9. The predicted octanol–water partition coefficient (Wildman–Crippen LogP) is 3.45. The lowest BCUT2D eigenvalue weighted by Gasteiger charge is -2.25. The van der Waals surface area contributed by atoms with E-state index in [1.807, 2.05) is 12.1 Å². The van der Waals surface area contributed by atoms with Gasteiger partial charge in [0, 0.05) is 35.8 Å². The minimum atomic E-state index is -3.61. The number of aryl methyl sites for hydroxylation is 1. The minimum Gasteiger partial charge on any atom is -0.370 e. The zero-order valence-corrected chi connectivity index (χ0v) is 19.0. The van der Waals surface area contributed by atoms with Crippen LogP contribution in [0.2, 0.25) is 0 Å². The fraction of sp³-hybridized carbons (Fsp3) is 0.381. The van der Waals surface area contributed by atoms with E-state index in [2.05, 4.69) is 56.8 Å². The lowest BCUT2D eigenvalue weighted by atomic mass is 10.2. The molecule has 0 saturated heterocycles. The summed E-state index contributed by atoms with van der Waals surface area (Å²) < 4.78 is 28.1. The molecular formula is C21H26BrN3O3S. The molecule has 0 atom stereocenters. The zero-order valence-electron chi connectivity index (χ0n) is 16.6. The summed E-state index contributed by atoms with van der Waals surface area (Å²) in [5.41, 5.74) is 2.64. The van der Waals surface area contributed by atoms with E-state index in [1.165, 1.54) is 17.7 Å². The van der Waals surface area contributed by atoms with Gasteiger partial charge in [-0.05, 0) is 72.4 Å². The number of para-hydroxylation sites is 1. The summed E-state index contributed by atoms with van der Waals surface area (Å²) in [6.45, 7) is 6.07. The van der Waals surface area contributed by atoms with E-state index >= 15 is 0 Å². The Labute approximate surface area is 180 Å². The van der Waals surface area contributed by atoms with E-state index in [4.69, 9.17) is 0 Å². The number of benzene rings is 2. The third kappa shape index (κ3) is 5.58. The fourth-order valence-corrected chi connectivity index (χ4v) is 4.86. The minimum absolute atomic E-state index is 0.0161. The van der Waals surface area contributed by atoms with Crippen LogP contribution in [0, 0.1) is 6.92 Å². The number of carbonyl (C=O) groups is 1. The molecule has 1 fully saturated rings. The molecule has 29 heavy (non-hydrogen) atoms. The van der Waals surface area contributed by atoms with Crippen molar-refractivity contribution in [2.45, 2.75) is 37.6 Å². The van der Waals surface area contributed by atoms with Crippen LogP contribution in [0.3, 0.4) is 0 Å². The molecule has 2 N–H and O–H groups in total. The Morgan fingerprint density at radius 2 is 1.93 bits per heavy atom. The number of nitrogens with one attached hydrogen (secondary N) is 2. The van der Waals surface area contributed by atoms with Crippen LogP contribution in [0.25, 0.3) is 0 Å². The summed E-state index contributed by atoms with van der Waals surface area (Å²) in [6, 6.07) is 12.7. The first-order valence-electron chi connectivity index (χ1n) is 9.72. The first-order chi connectivity index (χ1) is 13.8. The number of hydrogen-bond donors (Lipinski definition) is 2. The molecule has 0 aromatic heterocycles. The van der Waals surface area contributed by atoms with Crippen molar-refractivity contribution < 1.29 is 13.2 Å². The second-order valence-corrected chi connectivity index (χ2v) is 9.73. The molecule has 1 aliphatic rings. The van der Waals surface area contributed by atoms with Crippen molar-refractivity contribution in [3.63, 3.8) is 0 Å². The maximum Gasteiger partial charge on any atom is 0.252 e. The largest absolute Gasteiger partial charge is 0.370 e. The van der Waals surface area contributed by atoms with Crippen LogP contribution in [0.5, 0.6) is 0 Å². The summed E-state index contributed by atoms with van der Waals surface area (Å²) >= 11 is 3.36. The molecule has 0 unspecified atom stereocenters. The monoisotopic (exact) mass is 479 g/mol. The Bertz CT molecular complexity index is 990. The summed E-state index contributed by atoms with van der Waals surface area (Å²) in [5.74, 6) is -0.304. The van der Waals surface area contributed by atoms with Gasteiger partial charge in [-0.15, -0.1) is 0 Å². The number of nitrogens with zero attached hydrogens (tertiary/aromatic N) is 1. The number of sulfonamides is 1. The highest BCUT2D eigenvalue weighted by Gasteiger charge is 2.28. The first-order valence-corrected chi connectivity index (χ1v) is 12.0. The molecule has 1 amide bonds. The number of likely N-dealkylation sites (N-methyl/N-ethyl adjacent to an activating group) is 1. The predicted molar refractivity (Wildman–Crippen MR) is 119 cm³/mol. The van der Waals surface area contributed by atoms with Crippen molar-refractivity contribution in [1.29, 1.82) is 0 Å². The topological polar surface area (TPSA) is 78.5 Å². The van der Waals surface area contributed by atoms with Crippen molar-refractivity contribution >= 4 is 37.5 Å². The molecule has 156 valence electrons. The summed E-state index contributed by atoms with van der Waals surface area (Å²) in [5, 5.41) is 2.90. The highest BCUT2D eigenvalue weighted by Crippen LogP contribution is 2.25. The molecule has 3 rings (SSSR count). The average Bonchev–Trinajstić information content (AvgIpc) is 3.49. The molecule has 2 aromatic carbocycles. The standard InChI is InChI=1S/C21H26BrN3O3S/c1-3-25(20-7-5-4-6-15(20)2)13-12-23-21(26)18-14-17(10-11-19(18)22)29(27,28)24-16-8-9-16/h4-7,10-11,14,16,24H,3,8-9,12-13H2,1-2H3,(H,23,26). The molecule has 0 radical (unpaired) electrons. The molecule has 1 saturated carbocycles. The lowest BCUT2D eigenvalue weighted by Crippen LogP contribution is -2.35. The van der Waals surface area contributed by atoms with Crippen LogP contribution >= 0.6 is 15.9 Å². The Morgan fingerprint density at radius 3 is 2.59 bits per heavy atom. The number of anilines is 1. The maximum absolute atomic E-state index is 12.7. The second kappa shape index (κ2) is 9.28. The van der Waals surface area contributed by atoms with Gasteiger partial charge >= 0.3 is 0 Å². The summed E-state index contributed by atoms with van der Waals surface area (Å²) in [4.78, 5) is 15.0. The molecule has 1 aliphatic carbocycles. The van der Waals surface area contributed by atoms with E-state index in [9.17, 15) is 13.2 Å². The molecular weight excluding hydrogens is 454 g/mol. The van der Waals surface area contributed by atoms with E-state index in [1.54, 1.807) is 6.07 Å². The van der Waals surface area contributed by atoms with Gasteiger partial charge in [0.05, 0.1) is 10.5 Å². The maximum atomic E-state index is 12.7. The quantitative estimate of drug-likeness (QED) is 0.577. The molecule has 6 nitrogen and oxygen atoms in total. The van der Waals surface area contributed by atoms with Crippen molar-refractivity contribution in [3.05, 3.63) is 58.1 Å². The molecule has 0 heterocycles. The van der Waals surface area contributed by atoms with E-state index < -0.39 is 10.0 Å². The van der Waals surface area contributed by atoms with E-state index in [0.717, 1.165) is 25.1 Å². The summed E-state index contributed by atoms with van der Waals surface area (Å²) in [7, 11) is -3.61. The number of rotatable bonds is 9. The first kappa shape index (κ1) is 21.8. The molecule has 8 heteroatoms. The normalized spacial score (nSPS) is 13.9. The Balaban J connectivity index is 1.66. The average molecular weight is 480 g/mol. The van der Waals surface area contributed by atoms with Crippen LogP contribution in [-0.2, 0) is 10.0 Å². The highest BCUT2D eigenvalue weighted by molar-refractivity contribution is 9.10. The third-order valence-electron chi connectivity index (χ3n) is 4.90. The smallest absolute Gasteiger partial charge is 0.252 e. The van der Waals surface area contributed by atoms with Crippen LogP contribution in [0.1, 0.15) is 35.7 Å².